The molecular formula is C10H14Cl2N+. The van der Waals surface area contributed by atoms with Crippen molar-refractivity contribution >= 4 is 23.2 Å². The van der Waals surface area contributed by atoms with E-state index in [0.717, 1.165) is 11.0 Å². The molecule has 1 aromatic rings. The van der Waals surface area contributed by atoms with Gasteiger partial charge in [-0.25, -0.2) is 0 Å². The number of nitrogens with zero attached hydrogens (tertiary/aromatic N) is 1. The van der Waals surface area contributed by atoms with E-state index in [2.05, 4.69) is 21.1 Å². The Morgan fingerprint density at radius 1 is 1.08 bits per heavy atom. The lowest BCUT2D eigenvalue weighted by Gasteiger charge is -2.23. The predicted octanol–water partition coefficient (Wildman–Crippen LogP) is 3.20. The maximum atomic E-state index is 5.90. The van der Waals surface area contributed by atoms with Crippen LogP contribution in [-0.4, -0.2) is 25.6 Å². The zero-order chi connectivity index (χ0) is 10.1. The Labute approximate surface area is 89.5 Å². The highest BCUT2D eigenvalue weighted by Gasteiger charge is 2.09. The number of quaternary nitrogens is 1. The molecule has 13 heavy (non-hydrogen) atoms. The number of benzene rings is 1. The first-order valence-corrected chi connectivity index (χ1v) is 4.88. The third-order valence-electron chi connectivity index (χ3n) is 1.64. The molecule has 0 heterocycles. The van der Waals surface area contributed by atoms with Crippen LogP contribution in [0.15, 0.2) is 18.2 Å². The topological polar surface area (TPSA) is 0 Å². The second kappa shape index (κ2) is 3.87. The predicted molar refractivity (Wildman–Crippen MR) is 58.2 cm³/mol. The molecule has 1 nitrogen and oxygen atoms in total. The Hall–Kier alpha value is -0.240. The molecule has 1 aromatic carbocycles. The zero-order valence-electron chi connectivity index (χ0n) is 8.14. The first kappa shape index (κ1) is 10.8. The van der Waals surface area contributed by atoms with Gasteiger partial charge in [0.15, 0.2) is 0 Å². The quantitative estimate of drug-likeness (QED) is 0.670. The first-order valence-electron chi connectivity index (χ1n) is 4.13. The van der Waals surface area contributed by atoms with Gasteiger partial charge in [0.05, 0.1) is 31.2 Å². The minimum absolute atomic E-state index is 0.617. The molecule has 0 aliphatic carbocycles. The van der Waals surface area contributed by atoms with E-state index in [1.165, 1.54) is 5.56 Å². The summed E-state index contributed by atoms with van der Waals surface area (Å²) in [7, 11) is 6.42. The van der Waals surface area contributed by atoms with E-state index in [4.69, 9.17) is 23.2 Å². The molecule has 0 amide bonds. The van der Waals surface area contributed by atoms with E-state index < -0.39 is 0 Å². The van der Waals surface area contributed by atoms with E-state index >= 15 is 0 Å². The number of hydrogen-bond acceptors (Lipinski definition) is 0. The smallest absolute Gasteiger partial charge is 0.104 e. The van der Waals surface area contributed by atoms with Crippen molar-refractivity contribution in [2.24, 2.45) is 0 Å². The lowest BCUT2D eigenvalue weighted by molar-refractivity contribution is -0.884. The zero-order valence-corrected chi connectivity index (χ0v) is 9.65. The van der Waals surface area contributed by atoms with Crippen LogP contribution >= 0.6 is 23.2 Å². The van der Waals surface area contributed by atoms with Crippen molar-refractivity contribution in [3.05, 3.63) is 33.8 Å². The van der Waals surface area contributed by atoms with Crippen molar-refractivity contribution in [2.75, 3.05) is 21.1 Å². The summed E-state index contributed by atoms with van der Waals surface area (Å²) in [6.45, 7) is 0.955. The summed E-state index contributed by atoms with van der Waals surface area (Å²) >= 11 is 11.7. The fraction of sp³-hybridized carbons (Fsp3) is 0.400. The van der Waals surface area contributed by atoms with E-state index in [-0.39, 0.29) is 0 Å². The summed E-state index contributed by atoms with van der Waals surface area (Å²) in [4.78, 5) is 0. The highest BCUT2D eigenvalue weighted by molar-refractivity contribution is 6.41. The van der Waals surface area contributed by atoms with Crippen LogP contribution in [-0.2, 0) is 6.54 Å². The van der Waals surface area contributed by atoms with Crippen LogP contribution in [0.25, 0.3) is 0 Å². The molecule has 0 saturated heterocycles. The van der Waals surface area contributed by atoms with Crippen LogP contribution in [0.3, 0.4) is 0 Å². The van der Waals surface area contributed by atoms with Crippen LogP contribution in [0.5, 0.6) is 0 Å². The molecule has 0 aliphatic rings. The van der Waals surface area contributed by atoms with Gasteiger partial charge in [0.25, 0.3) is 0 Å². The van der Waals surface area contributed by atoms with Crippen molar-refractivity contribution in [3.8, 4) is 0 Å². The van der Waals surface area contributed by atoms with Gasteiger partial charge in [-0.05, 0) is 12.1 Å². The van der Waals surface area contributed by atoms with Gasteiger partial charge in [-0.15, -0.1) is 0 Å². The molecule has 0 aromatic heterocycles. The monoisotopic (exact) mass is 218 g/mol. The molecule has 0 unspecified atom stereocenters. The van der Waals surface area contributed by atoms with Crippen molar-refractivity contribution in [1.82, 2.24) is 0 Å². The molecule has 0 N–H and O–H groups in total. The Morgan fingerprint density at radius 2 is 1.69 bits per heavy atom. The molecule has 0 fully saturated rings. The van der Waals surface area contributed by atoms with Gasteiger partial charge in [-0.2, -0.15) is 0 Å². The second-order valence-corrected chi connectivity index (χ2v) is 5.01. The summed E-state index contributed by atoms with van der Waals surface area (Å²) in [5, 5.41) is 1.25. The van der Waals surface area contributed by atoms with Crippen LogP contribution in [0, 0.1) is 0 Å². The van der Waals surface area contributed by atoms with Crippen LogP contribution in [0.1, 0.15) is 5.56 Å². The molecule has 0 bridgehead atoms. The molecule has 1 rings (SSSR count). The summed E-state index contributed by atoms with van der Waals surface area (Å²) < 4.78 is 0.887. The summed E-state index contributed by atoms with van der Waals surface area (Å²) in [5.74, 6) is 0. The van der Waals surface area contributed by atoms with E-state index in [1.807, 2.05) is 18.2 Å². The molecule has 3 heteroatoms. The minimum atomic E-state index is 0.617. The summed E-state index contributed by atoms with van der Waals surface area (Å²) in [6.07, 6.45) is 0. The Bertz CT molecular complexity index is 302. The Kier molecular flexibility index (Phi) is 3.23. The maximum Gasteiger partial charge on any atom is 0.104 e. The van der Waals surface area contributed by atoms with Crippen molar-refractivity contribution in [3.63, 3.8) is 0 Å². The molecular weight excluding hydrogens is 205 g/mol. The highest BCUT2D eigenvalue weighted by Crippen LogP contribution is 2.23. The number of hydrogen-bond donors (Lipinski definition) is 0. The third kappa shape index (κ3) is 3.55. The minimum Gasteiger partial charge on any atom is -0.327 e. The van der Waals surface area contributed by atoms with E-state index in [9.17, 15) is 0 Å². The average Bonchev–Trinajstić information content (AvgIpc) is 1.94. The second-order valence-electron chi connectivity index (χ2n) is 4.20. The third-order valence-corrected chi connectivity index (χ3v) is 2.38. The van der Waals surface area contributed by atoms with Gasteiger partial charge in [0.1, 0.15) is 6.54 Å². The SMILES string of the molecule is C[N+](C)(C)Cc1ccc(Cl)c(Cl)c1. The lowest BCUT2D eigenvalue weighted by Crippen LogP contribution is -2.33. The molecule has 0 saturated carbocycles. The molecule has 72 valence electrons. The Balaban J connectivity index is 2.86. The normalized spacial score (nSPS) is 11.8. The molecule has 0 spiro atoms. The van der Waals surface area contributed by atoms with Crippen LogP contribution < -0.4 is 0 Å². The van der Waals surface area contributed by atoms with Gasteiger partial charge >= 0.3 is 0 Å². The fourth-order valence-electron chi connectivity index (χ4n) is 1.19. The maximum absolute atomic E-state index is 5.90. The summed E-state index contributed by atoms with van der Waals surface area (Å²) in [5.41, 5.74) is 1.21. The largest absolute Gasteiger partial charge is 0.327 e. The van der Waals surface area contributed by atoms with Crippen LogP contribution in [0.2, 0.25) is 10.0 Å². The van der Waals surface area contributed by atoms with Gasteiger partial charge < -0.3 is 4.48 Å². The van der Waals surface area contributed by atoms with E-state index in [1.54, 1.807) is 0 Å². The molecule has 0 aliphatic heterocycles. The Morgan fingerprint density at radius 3 is 2.15 bits per heavy atom. The standard InChI is InChI=1S/C10H14Cl2N/c1-13(2,3)7-8-4-5-9(11)10(12)6-8/h4-6H,7H2,1-3H3/q+1. The van der Waals surface area contributed by atoms with Crippen molar-refractivity contribution in [2.45, 2.75) is 6.54 Å². The lowest BCUT2D eigenvalue weighted by atomic mass is 10.2. The fourth-order valence-corrected chi connectivity index (χ4v) is 1.51. The molecule has 0 atom stereocenters. The highest BCUT2D eigenvalue weighted by atomic mass is 35.5. The summed E-state index contributed by atoms with van der Waals surface area (Å²) in [6, 6.07) is 5.78. The van der Waals surface area contributed by atoms with Crippen molar-refractivity contribution in [1.29, 1.82) is 0 Å². The van der Waals surface area contributed by atoms with Gasteiger partial charge in [-0.3, -0.25) is 0 Å². The molecule has 0 radical (unpaired) electrons. The number of rotatable bonds is 2. The van der Waals surface area contributed by atoms with Crippen LogP contribution in [0.4, 0.5) is 0 Å². The van der Waals surface area contributed by atoms with Gasteiger partial charge in [-0.1, -0.05) is 29.3 Å². The number of halogens is 2. The first-order chi connectivity index (χ1) is 5.88. The van der Waals surface area contributed by atoms with E-state index in [0.29, 0.717) is 10.0 Å². The van der Waals surface area contributed by atoms with Gasteiger partial charge in [0, 0.05) is 5.56 Å². The van der Waals surface area contributed by atoms with Crippen molar-refractivity contribution < 1.29 is 4.48 Å². The van der Waals surface area contributed by atoms with Gasteiger partial charge in [0.2, 0.25) is 0 Å². The average molecular weight is 219 g/mol.